The average Bonchev–Trinajstić information content (AvgIpc) is 2.57. The molecule has 0 aliphatic carbocycles. The van der Waals surface area contributed by atoms with Gasteiger partial charge in [0.25, 0.3) is 0 Å². The third-order valence-electron chi connectivity index (χ3n) is 5.37. The largest absolute Gasteiger partial charge is 0.0954 e. The van der Waals surface area contributed by atoms with Crippen molar-refractivity contribution in [2.24, 2.45) is 0 Å². The van der Waals surface area contributed by atoms with E-state index >= 15 is 0 Å². The van der Waals surface area contributed by atoms with E-state index in [1.165, 1.54) is 25.5 Å². The van der Waals surface area contributed by atoms with Crippen LogP contribution < -0.4 is 0 Å². The third kappa shape index (κ3) is 4.90. The predicted molar refractivity (Wildman–Crippen MR) is 127 cm³/mol. The monoisotopic (exact) mass is 472 g/mol. The highest BCUT2D eigenvalue weighted by molar-refractivity contribution is 14.1. The van der Waals surface area contributed by atoms with Crippen molar-refractivity contribution >= 4 is 36.2 Å². The molecule has 0 saturated carbocycles. The Morgan fingerprint density at radius 3 is 1.77 bits per heavy atom. The van der Waals surface area contributed by atoms with Gasteiger partial charge >= 0.3 is 0 Å². The minimum atomic E-state index is -1.65. The van der Waals surface area contributed by atoms with Crippen molar-refractivity contribution in [3.63, 3.8) is 0 Å². The molecule has 0 bridgehead atoms. The standard InChI is InChI=1S/C24H29ISi/c1-18-8-12-20(13-9-18)14-17-22(21-15-10-19(2)11-16-21)23(25)26(6,7)24(3,4)5/h8-13,15-16H,1-7H3/b23-22+. The summed E-state index contributed by atoms with van der Waals surface area (Å²) in [5.41, 5.74) is 6.03. The van der Waals surface area contributed by atoms with Crippen LogP contribution in [0, 0.1) is 25.7 Å². The molecule has 0 unspecified atom stereocenters. The molecule has 0 N–H and O–H groups in total. The Bertz CT molecular complexity index is 852. The lowest BCUT2D eigenvalue weighted by atomic mass is 10.1. The predicted octanol–water partition coefficient (Wildman–Crippen LogP) is 7.55. The summed E-state index contributed by atoms with van der Waals surface area (Å²) >= 11 is 2.57. The van der Waals surface area contributed by atoms with E-state index in [1.54, 1.807) is 0 Å². The van der Waals surface area contributed by atoms with Crippen molar-refractivity contribution in [1.29, 1.82) is 0 Å². The van der Waals surface area contributed by atoms with Gasteiger partial charge in [0.15, 0.2) is 0 Å². The van der Waals surface area contributed by atoms with Gasteiger partial charge in [-0.2, -0.15) is 0 Å². The molecule has 2 rings (SSSR count). The van der Waals surface area contributed by atoms with Gasteiger partial charge in [0, 0.05) is 11.1 Å². The normalized spacial score (nSPS) is 12.9. The molecule has 0 aliphatic rings. The van der Waals surface area contributed by atoms with Gasteiger partial charge in [-0.05, 0) is 39.8 Å². The topological polar surface area (TPSA) is 0 Å². The molecular weight excluding hydrogens is 443 g/mol. The molecule has 0 aromatic heterocycles. The highest BCUT2D eigenvalue weighted by Gasteiger charge is 2.39. The minimum Gasteiger partial charge on any atom is -0.0646 e. The Hall–Kier alpha value is -1.31. The summed E-state index contributed by atoms with van der Waals surface area (Å²) in [5.74, 6) is 6.93. The zero-order valence-corrected chi connectivity index (χ0v) is 20.2. The Kier molecular flexibility index (Phi) is 6.58. The Morgan fingerprint density at radius 1 is 0.846 bits per heavy atom. The van der Waals surface area contributed by atoms with Crippen molar-refractivity contribution in [2.45, 2.75) is 52.8 Å². The molecule has 0 amide bonds. The Labute approximate surface area is 174 Å². The smallest absolute Gasteiger partial charge is 0.0646 e. The first-order valence-electron chi connectivity index (χ1n) is 9.08. The second kappa shape index (κ2) is 8.15. The summed E-state index contributed by atoms with van der Waals surface area (Å²) in [7, 11) is -1.65. The summed E-state index contributed by atoms with van der Waals surface area (Å²) in [6.07, 6.45) is 0. The third-order valence-corrected chi connectivity index (χ3v) is 15.0. The molecule has 2 aromatic rings. The molecule has 2 aromatic carbocycles. The number of rotatable bonds is 2. The van der Waals surface area contributed by atoms with E-state index in [4.69, 9.17) is 0 Å². The van der Waals surface area contributed by atoms with Crippen LogP contribution in [0.15, 0.2) is 51.7 Å². The molecule has 0 atom stereocenters. The first kappa shape index (κ1) is 21.0. The van der Waals surface area contributed by atoms with E-state index in [1.807, 2.05) is 0 Å². The Balaban J connectivity index is 2.62. The summed E-state index contributed by atoms with van der Waals surface area (Å²) in [5, 5.41) is 0.283. The molecule has 0 aliphatic heterocycles. The van der Waals surface area contributed by atoms with Crippen molar-refractivity contribution < 1.29 is 0 Å². The van der Waals surface area contributed by atoms with Gasteiger partial charge in [-0.25, -0.2) is 0 Å². The number of halogens is 1. The number of hydrogen-bond donors (Lipinski definition) is 0. The van der Waals surface area contributed by atoms with Gasteiger partial charge in [-0.1, -0.05) is 116 Å². The maximum absolute atomic E-state index is 3.53. The SMILES string of the molecule is Cc1ccc(C#C/C(=C(/I)[Si](C)(C)C(C)(C)C)c2ccc(C)cc2)cc1. The van der Waals surface area contributed by atoms with Crippen LogP contribution in [0.3, 0.4) is 0 Å². The lowest BCUT2D eigenvalue weighted by Gasteiger charge is -2.37. The van der Waals surface area contributed by atoms with E-state index in [9.17, 15) is 0 Å². The van der Waals surface area contributed by atoms with Crippen LogP contribution in [0.25, 0.3) is 5.57 Å². The summed E-state index contributed by atoms with van der Waals surface area (Å²) in [4.78, 5) is 0. The molecule has 136 valence electrons. The molecule has 0 saturated heterocycles. The number of aryl methyl sites for hydroxylation is 2. The van der Waals surface area contributed by atoms with Crippen LogP contribution in [0.1, 0.15) is 43.0 Å². The average molecular weight is 472 g/mol. The van der Waals surface area contributed by atoms with Crippen LogP contribution in [-0.4, -0.2) is 8.07 Å². The van der Waals surface area contributed by atoms with Gasteiger partial charge in [-0.3, -0.25) is 0 Å². The van der Waals surface area contributed by atoms with Crippen molar-refractivity contribution in [1.82, 2.24) is 0 Å². The van der Waals surface area contributed by atoms with Crippen LogP contribution in [0.4, 0.5) is 0 Å². The fourth-order valence-corrected chi connectivity index (χ4v) is 6.75. The highest BCUT2D eigenvalue weighted by atomic mass is 127. The zero-order chi connectivity index (χ0) is 19.5. The van der Waals surface area contributed by atoms with Crippen molar-refractivity contribution in [2.75, 3.05) is 0 Å². The molecule has 0 radical (unpaired) electrons. The van der Waals surface area contributed by atoms with Crippen LogP contribution in [0.2, 0.25) is 18.1 Å². The van der Waals surface area contributed by atoms with Gasteiger partial charge in [-0.15, -0.1) is 0 Å². The summed E-state index contributed by atoms with van der Waals surface area (Å²) < 4.78 is 1.45. The van der Waals surface area contributed by atoms with Crippen molar-refractivity contribution in [3.8, 4) is 11.8 Å². The molecule has 0 nitrogen and oxygen atoms in total. The van der Waals surface area contributed by atoms with E-state index in [0.29, 0.717) is 0 Å². The van der Waals surface area contributed by atoms with Gasteiger partial charge in [0.2, 0.25) is 0 Å². The molecule has 0 heterocycles. The molecule has 0 fully saturated rings. The second-order valence-corrected chi connectivity index (χ2v) is 15.9. The summed E-state index contributed by atoms with van der Waals surface area (Å²) in [6, 6.07) is 17.2. The van der Waals surface area contributed by atoms with E-state index in [-0.39, 0.29) is 5.04 Å². The fourth-order valence-electron chi connectivity index (χ4n) is 2.39. The maximum atomic E-state index is 3.53. The summed E-state index contributed by atoms with van der Waals surface area (Å²) in [6.45, 7) is 16.2. The number of benzene rings is 2. The maximum Gasteiger partial charge on any atom is 0.0954 e. The number of allylic oxidation sites excluding steroid dienone is 1. The van der Waals surface area contributed by atoms with Gasteiger partial charge in [0.1, 0.15) is 0 Å². The molecule has 2 heteroatoms. The fraction of sp³-hybridized carbons (Fsp3) is 0.333. The second-order valence-electron chi connectivity index (χ2n) is 8.55. The lowest BCUT2D eigenvalue weighted by molar-refractivity contribution is 0.728. The Morgan fingerprint density at radius 2 is 1.31 bits per heavy atom. The minimum absolute atomic E-state index is 0.283. The first-order chi connectivity index (χ1) is 12.0. The molecule has 0 spiro atoms. The van der Waals surface area contributed by atoms with E-state index < -0.39 is 8.07 Å². The van der Waals surface area contributed by atoms with Gasteiger partial charge < -0.3 is 0 Å². The number of hydrogen-bond acceptors (Lipinski definition) is 0. The zero-order valence-electron chi connectivity index (χ0n) is 17.0. The highest BCUT2D eigenvalue weighted by Crippen LogP contribution is 2.45. The lowest BCUT2D eigenvalue weighted by Crippen LogP contribution is -2.38. The van der Waals surface area contributed by atoms with Crippen LogP contribution in [0.5, 0.6) is 0 Å². The molecule has 26 heavy (non-hydrogen) atoms. The first-order valence-corrected chi connectivity index (χ1v) is 13.2. The van der Waals surface area contributed by atoms with Gasteiger partial charge in [0.05, 0.1) is 8.07 Å². The molecular formula is C24H29ISi. The van der Waals surface area contributed by atoms with Crippen LogP contribution >= 0.6 is 22.6 Å². The van der Waals surface area contributed by atoms with E-state index in [2.05, 4.69) is 131 Å². The van der Waals surface area contributed by atoms with Crippen molar-refractivity contribution in [3.05, 3.63) is 74.0 Å². The quantitative estimate of drug-likeness (QED) is 0.241. The van der Waals surface area contributed by atoms with E-state index in [0.717, 1.165) is 5.56 Å². The van der Waals surface area contributed by atoms with Crippen LogP contribution in [-0.2, 0) is 0 Å².